The van der Waals surface area contributed by atoms with Gasteiger partial charge in [-0.05, 0) is 48.4 Å². The number of thiazole rings is 1. The molecule has 1 atom stereocenters. The number of hydrogen-bond donors (Lipinski definition) is 2. The largest absolute Gasteiger partial charge is 0.497 e. The summed E-state index contributed by atoms with van der Waals surface area (Å²) in [5.74, 6) is 1.27. The fourth-order valence-electron chi connectivity index (χ4n) is 3.35. The Morgan fingerprint density at radius 3 is 2.48 bits per heavy atom. The minimum atomic E-state index is -0.721. The van der Waals surface area contributed by atoms with Gasteiger partial charge >= 0.3 is 0 Å². The first-order chi connectivity index (χ1) is 15.9. The van der Waals surface area contributed by atoms with E-state index in [1.54, 1.807) is 31.4 Å². The van der Waals surface area contributed by atoms with E-state index in [2.05, 4.69) is 15.6 Å². The molecule has 0 saturated carbocycles. The zero-order chi connectivity index (χ0) is 23.4. The smallest absolute Gasteiger partial charge is 0.251 e. The molecule has 3 aromatic rings. The Labute approximate surface area is 195 Å². The number of ether oxygens (including phenoxy) is 3. The minimum Gasteiger partial charge on any atom is -0.497 e. The van der Waals surface area contributed by atoms with E-state index in [0.717, 1.165) is 11.3 Å². The van der Waals surface area contributed by atoms with E-state index in [4.69, 9.17) is 14.2 Å². The molecule has 0 saturated heterocycles. The first kappa shape index (κ1) is 22.6. The lowest BCUT2D eigenvalue weighted by Crippen LogP contribution is -2.47. The number of nitrogens with one attached hydrogen (secondary N) is 2. The Hall–Kier alpha value is -3.59. The molecule has 0 bridgehead atoms. The SMILES string of the molecule is COc1ccc(C(=O)NC(C(=O)Nc2nc(-c3ccc4c(c3)OCCO4)cs2)C(C)C)cc1. The first-order valence-electron chi connectivity index (χ1n) is 10.6. The van der Waals surface area contributed by atoms with Crippen LogP contribution in [0.15, 0.2) is 47.8 Å². The van der Waals surface area contributed by atoms with Crippen molar-refractivity contribution in [3.8, 4) is 28.5 Å². The molecule has 172 valence electrons. The highest BCUT2D eigenvalue weighted by Gasteiger charge is 2.26. The Kier molecular flexibility index (Phi) is 6.79. The van der Waals surface area contributed by atoms with Gasteiger partial charge in [-0.15, -0.1) is 11.3 Å². The molecule has 4 rings (SSSR count). The van der Waals surface area contributed by atoms with E-state index in [-0.39, 0.29) is 17.7 Å². The molecule has 1 aliphatic rings. The summed E-state index contributed by atoms with van der Waals surface area (Å²) in [6.07, 6.45) is 0. The van der Waals surface area contributed by atoms with Crippen LogP contribution in [0.2, 0.25) is 0 Å². The Bertz CT molecular complexity index is 1140. The van der Waals surface area contributed by atoms with Gasteiger partial charge < -0.3 is 24.8 Å². The van der Waals surface area contributed by atoms with Crippen LogP contribution >= 0.6 is 11.3 Å². The molecule has 2 heterocycles. The highest BCUT2D eigenvalue weighted by molar-refractivity contribution is 7.14. The van der Waals surface area contributed by atoms with Gasteiger partial charge in [0.2, 0.25) is 5.91 Å². The molecule has 0 fully saturated rings. The zero-order valence-corrected chi connectivity index (χ0v) is 19.4. The van der Waals surface area contributed by atoms with Gasteiger partial charge in [0.25, 0.3) is 5.91 Å². The number of anilines is 1. The quantitative estimate of drug-likeness (QED) is 0.545. The van der Waals surface area contributed by atoms with Crippen LogP contribution in [-0.2, 0) is 4.79 Å². The Morgan fingerprint density at radius 1 is 1.06 bits per heavy atom. The highest BCUT2D eigenvalue weighted by Crippen LogP contribution is 2.35. The zero-order valence-electron chi connectivity index (χ0n) is 18.6. The van der Waals surface area contributed by atoms with Gasteiger partial charge in [-0.25, -0.2) is 4.98 Å². The van der Waals surface area contributed by atoms with Crippen molar-refractivity contribution in [2.24, 2.45) is 5.92 Å². The number of nitrogens with zero attached hydrogens (tertiary/aromatic N) is 1. The fraction of sp³-hybridized carbons (Fsp3) is 0.292. The number of carbonyl (C=O) groups is 2. The van der Waals surface area contributed by atoms with Gasteiger partial charge in [-0.1, -0.05) is 13.8 Å². The van der Waals surface area contributed by atoms with Crippen molar-refractivity contribution < 1.29 is 23.8 Å². The summed E-state index contributed by atoms with van der Waals surface area (Å²) >= 11 is 1.32. The van der Waals surface area contributed by atoms with E-state index in [1.165, 1.54) is 11.3 Å². The predicted molar refractivity (Wildman–Crippen MR) is 126 cm³/mol. The van der Waals surface area contributed by atoms with Crippen LogP contribution in [-0.4, -0.2) is 43.2 Å². The average Bonchev–Trinajstić information content (AvgIpc) is 3.30. The predicted octanol–water partition coefficient (Wildman–Crippen LogP) is 3.98. The minimum absolute atomic E-state index is 0.121. The first-order valence-corrected chi connectivity index (χ1v) is 11.4. The maximum absolute atomic E-state index is 12.9. The van der Waals surface area contributed by atoms with Crippen molar-refractivity contribution in [3.63, 3.8) is 0 Å². The third-order valence-electron chi connectivity index (χ3n) is 5.16. The maximum atomic E-state index is 12.9. The van der Waals surface area contributed by atoms with Gasteiger partial charge in [0.1, 0.15) is 25.0 Å². The molecule has 1 aliphatic heterocycles. The molecule has 0 spiro atoms. The number of carbonyl (C=O) groups excluding carboxylic acids is 2. The van der Waals surface area contributed by atoms with Crippen molar-refractivity contribution in [3.05, 3.63) is 53.4 Å². The third kappa shape index (κ3) is 5.25. The molecule has 9 heteroatoms. The van der Waals surface area contributed by atoms with Crippen LogP contribution in [0.5, 0.6) is 17.2 Å². The average molecular weight is 468 g/mol. The van der Waals surface area contributed by atoms with Crippen molar-refractivity contribution in [1.29, 1.82) is 0 Å². The Balaban J connectivity index is 1.43. The fourth-order valence-corrected chi connectivity index (χ4v) is 4.07. The number of benzene rings is 2. The second-order valence-electron chi connectivity index (χ2n) is 7.81. The monoisotopic (exact) mass is 467 g/mol. The number of methoxy groups -OCH3 is 1. The number of rotatable bonds is 7. The lowest BCUT2D eigenvalue weighted by atomic mass is 10.0. The number of fused-ring (bicyclic) bond motifs is 1. The van der Waals surface area contributed by atoms with Crippen LogP contribution in [0.1, 0.15) is 24.2 Å². The molecule has 8 nitrogen and oxygen atoms in total. The molecule has 1 unspecified atom stereocenters. The molecule has 2 aromatic carbocycles. The molecule has 0 aliphatic carbocycles. The lowest BCUT2D eigenvalue weighted by molar-refractivity contribution is -0.118. The summed E-state index contributed by atoms with van der Waals surface area (Å²) in [6, 6.07) is 11.6. The van der Waals surface area contributed by atoms with Crippen LogP contribution in [0, 0.1) is 5.92 Å². The second kappa shape index (κ2) is 9.91. The summed E-state index contributed by atoms with van der Waals surface area (Å²) in [7, 11) is 1.56. The van der Waals surface area contributed by atoms with Crippen molar-refractivity contribution in [2.75, 3.05) is 25.6 Å². The van der Waals surface area contributed by atoms with E-state index < -0.39 is 6.04 Å². The normalized spacial score (nSPS) is 13.3. The van der Waals surface area contributed by atoms with Crippen LogP contribution in [0.3, 0.4) is 0 Å². The standard InChI is InChI=1S/C24H25N3O5S/c1-14(2)21(26-22(28)15-4-7-17(30-3)8-5-15)23(29)27-24-25-18(13-33-24)16-6-9-19-20(12-16)32-11-10-31-19/h4-9,12-14,21H,10-11H2,1-3H3,(H,26,28)(H,25,27,29). The van der Waals surface area contributed by atoms with Gasteiger partial charge in [0, 0.05) is 16.5 Å². The van der Waals surface area contributed by atoms with Crippen LogP contribution in [0.25, 0.3) is 11.3 Å². The molecule has 0 radical (unpaired) electrons. The van der Waals surface area contributed by atoms with Crippen molar-refractivity contribution in [2.45, 2.75) is 19.9 Å². The number of amides is 2. The van der Waals surface area contributed by atoms with E-state index in [9.17, 15) is 9.59 Å². The van der Waals surface area contributed by atoms with Crippen LogP contribution < -0.4 is 24.8 Å². The van der Waals surface area contributed by atoms with Gasteiger partial charge in [-0.3, -0.25) is 9.59 Å². The summed E-state index contributed by atoms with van der Waals surface area (Å²) in [5, 5.41) is 7.96. The molecule has 1 aromatic heterocycles. The summed E-state index contributed by atoms with van der Waals surface area (Å²) < 4.78 is 16.3. The summed E-state index contributed by atoms with van der Waals surface area (Å²) in [5.41, 5.74) is 2.03. The Morgan fingerprint density at radius 2 is 1.79 bits per heavy atom. The molecular weight excluding hydrogens is 442 g/mol. The molecule has 33 heavy (non-hydrogen) atoms. The van der Waals surface area contributed by atoms with E-state index >= 15 is 0 Å². The molecular formula is C24H25N3O5S. The molecule has 2 amide bonds. The number of hydrogen-bond acceptors (Lipinski definition) is 7. The van der Waals surface area contributed by atoms with Gasteiger partial charge in [0.15, 0.2) is 16.6 Å². The topological polar surface area (TPSA) is 98.8 Å². The van der Waals surface area contributed by atoms with Gasteiger partial charge in [0.05, 0.1) is 12.8 Å². The maximum Gasteiger partial charge on any atom is 0.251 e. The second-order valence-corrected chi connectivity index (χ2v) is 8.67. The third-order valence-corrected chi connectivity index (χ3v) is 5.92. The van der Waals surface area contributed by atoms with Crippen molar-refractivity contribution >= 4 is 28.3 Å². The summed E-state index contributed by atoms with van der Waals surface area (Å²) in [4.78, 5) is 30.1. The van der Waals surface area contributed by atoms with Crippen LogP contribution in [0.4, 0.5) is 5.13 Å². The lowest BCUT2D eigenvalue weighted by Gasteiger charge is -2.21. The highest BCUT2D eigenvalue weighted by atomic mass is 32.1. The van der Waals surface area contributed by atoms with Gasteiger partial charge in [-0.2, -0.15) is 0 Å². The molecule has 2 N–H and O–H groups in total. The van der Waals surface area contributed by atoms with Crippen molar-refractivity contribution in [1.82, 2.24) is 10.3 Å². The van der Waals surface area contributed by atoms with E-state index in [0.29, 0.717) is 41.2 Å². The van der Waals surface area contributed by atoms with E-state index in [1.807, 2.05) is 37.4 Å². The summed E-state index contributed by atoms with van der Waals surface area (Å²) in [6.45, 7) is 4.79. The number of aromatic nitrogens is 1.